The van der Waals surface area contributed by atoms with Crippen LogP contribution in [0.4, 0.5) is 11.4 Å². The molecule has 0 radical (unpaired) electrons. The van der Waals surface area contributed by atoms with Crippen LogP contribution in [0.2, 0.25) is 0 Å². The van der Waals surface area contributed by atoms with Gasteiger partial charge in [-0.05, 0) is 87.3 Å². The normalized spacial score (nSPS) is 15.8. The summed E-state index contributed by atoms with van der Waals surface area (Å²) in [4.78, 5) is 42.2. The van der Waals surface area contributed by atoms with E-state index in [4.69, 9.17) is 4.42 Å². The summed E-state index contributed by atoms with van der Waals surface area (Å²) in [7, 11) is 0. The molecule has 1 aromatic heterocycles. The second kappa shape index (κ2) is 13.1. The summed E-state index contributed by atoms with van der Waals surface area (Å²) in [5.41, 5.74) is 5.26. The molecule has 2 aliphatic heterocycles. The van der Waals surface area contributed by atoms with Crippen LogP contribution < -0.4 is 15.5 Å². The van der Waals surface area contributed by atoms with E-state index in [1.165, 1.54) is 17.5 Å². The van der Waals surface area contributed by atoms with Crippen LogP contribution in [0.5, 0.6) is 0 Å². The molecule has 3 aromatic rings. The van der Waals surface area contributed by atoms with Gasteiger partial charge in [0.1, 0.15) is 5.76 Å². The number of hydrogen-bond acceptors (Lipinski definition) is 5. The molecule has 8 nitrogen and oxygen atoms in total. The Bertz CT molecular complexity index is 1390. The van der Waals surface area contributed by atoms with Crippen LogP contribution in [0.25, 0.3) is 0 Å². The molecule has 8 heteroatoms. The standard InChI is InChI=1S/C33H40N4O4/c1-23-7-3-4-8-30(23)36-18-12-25(13-19-36)21-26-10-11-27(22-29(26)35-33(40)28-14-20-41-24(28)2)32(39)34-15-6-17-37-16-5-9-31(37)38/h3-4,7-8,10-11,14,20,22,25H,5-6,9,12-13,15-19,21H2,1-2H3,(H,34,39)(H,35,40). The van der Waals surface area contributed by atoms with Crippen LogP contribution in [0.1, 0.15) is 69.7 Å². The number of benzene rings is 2. The lowest BCUT2D eigenvalue weighted by Gasteiger charge is -2.34. The first-order valence-electron chi connectivity index (χ1n) is 14.7. The smallest absolute Gasteiger partial charge is 0.259 e. The van der Waals surface area contributed by atoms with Crippen molar-refractivity contribution in [2.75, 3.05) is 42.9 Å². The van der Waals surface area contributed by atoms with Gasteiger partial charge in [-0.1, -0.05) is 24.3 Å². The number of carbonyl (C=O) groups excluding carboxylic acids is 3. The van der Waals surface area contributed by atoms with E-state index < -0.39 is 0 Å². The van der Waals surface area contributed by atoms with Crippen molar-refractivity contribution in [1.29, 1.82) is 0 Å². The zero-order valence-electron chi connectivity index (χ0n) is 24.1. The first-order chi connectivity index (χ1) is 19.9. The van der Waals surface area contributed by atoms with Crippen molar-refractivity contribution in [3.63, 3.8) is 0 Å². The van der Waals surface area contributed by atoms with Crippen molar-refractivity contribution in [3.05, 3.63) is 82.8 Å². The molecule has 2 saturated heterocycles. The second-order valence-electron chi connectivity index (χ2n) is 11.2. The quantitative estimate of drug-likeness (QED) is 0.328. The Labute approximate surface area is 242 Å². The van der Waals surface area contributed by atoms with E-state index in [-0.39, 0.29) is 17.7 Å². The third-order valence-corrected chi connectivity index (χ3v) is 8.36. The lowest BCUT2D eigenvalue weighted by Crippen LogP contribution is -2.34. The van der Waals surface area contributed by atoms with Gasteiger partial charge in [0, 0.05) is 56.1 Å². The molecule has 0 bridgehead atoms. The van der Waals surface area contributed by atoms with Gasteiger partial charge in [-0.25, -0.2) is 0 Å². The number of nitrogens with one attached hydrogen (secondary N) is 2. The maximum Gasteiger partial charge on any atom is 0.259 e. The number of likely N-dealkylation sites (tertiary alicyclic amines) is 1. The number of nitrogens with zero attached hydrogens (tertiary/aromatic N) is 2. The van der Waals surface area contributed by atoms with Crippen LogP contribution in [-0.2, 0) is 11.2 Å². The van der Waals surface area contributed by atoms with Gasteiger partial charge in [0.05, 0.1) is 11.8 Å². The Hall–Kier alpha value is -4.07. The average molecular weight is 557 g/mol. The van der Waals surface area contributed by atoms with Gasteiger partial charge in [-0.3, -0.25) is 14.4 Å². The zero-order valence-corrected chi connectivity index (χ0v) is 24.1. The zero-order chi connectivity index (χ0) is 28.8. The molecule has 0 unspecified atom stereocenters. The minimum absolute atomic E-state index is 0.189. The first-order valence-corrected chi connectivity index (χ1v) is 14.7. The molecule has 216 valence electrons. The van der Waals surface area contributed by atoms with Crippen LogP contribution in [0.3, 0.4) is 0 Å². The lowest BCUT2D eigenvalue weighted by atomic mass is 9.88. The van der Waals surface area contributed by atoms with Crippen molar-refractivity contribution < 1.29 is 18.8 Å². The topological polar surface area (TPSA) is 94.9 Å². The highest BCUT2D eigenvalue weighted by atomic mass is 16.3. The molecule has 5 rings (SSSR count). The summed E-state index contributed by atoms with van der Waals surface area (Å²) < 4.78 is 5.34. The van der Waals surface area contributed by atoms with E-state index in [2.05, 4.69) is 46.7 Å². The van der Waals surface area contributed by atoms with Crippen LogP contribution in [0, 0.1) is 19.8 Å². The molecule has 3 heterocycles. The third kappa shape index (κ3) is 6.99. The fourth-order valence-corrected chi connectivity index (χ4v) is 5.94. The maximum atomic E-state index is 13.1. The molecule has 0 saturated carbocycles. The molecular weight excluding hydrogens is 516 g/mol. The second-order valence-corrected chi connectivity index (χ2v) is 11.2. The van der Waals surface area contributed by atoms with Crippen molar-refractivity contribution >= 4 is 29.1 Å². The van der Waals surface area contributed by atoms with Gasteiger partial charge in [-0.15, -0.1) is 0 Å². The summed E-state index contributed by atoms with van der Waals surface area (Å²) in [6, 6.07) is 15.8. The van der Waals surface area contributed by atoms with Crippen LogP contribution in [-0.4, -0.2) is 55.3 Å². The fourth-order valence-electron chi connectivity index (χ4n) is 5.94. The summed E-state index contributed by atoms with van der Waals surface area (Å²) in [6.07, 6.45) is 6.70. The summed E-state index contributed by atoms with van der Waals surface area (Å²) >= 11 is 0. The van der Waals surface area contributed by atoms with E-state index in [1.54, 1.807) is 19.1 Å². The van der Waals surface area contributed by atoms with Crippen LogP contribution in [0.15, 0.2) is 59.2 Å². The fraction of sp³-hybridized carbons (Fsp3) is 0.424. The highest BCUT2D eigenvalue weighted by molar-refractivity contribution is 6.06. The highest BCUT2D eigenvalue weighted by Crippen LogP contribution is 2.30. The van der Waals surface area contributed by atoms with Crippen molar-refractivity contribution in [2.24, 2.45) is 5.92 Å². The molecule has 2 aliphatic rings. The molecule has 41 heavy (non-hydrogen) atoms. The van der Waals surface area contributed by atoms with Crippen molar-refractivity contribution in [2.45, 2.75) is 52.4 Å². The number of anilines is 2. The van der Waals surface area contributed by atoms with Crippen LogP contribution >= 0.6 is 0 Å². The SMILES string of the molecule is Cc1ccccc1N1CCC(Cc2ccc(C(=O)NCCCN3CCCC3=O)cc2NC(=O)c2ccoc2C)CC1. The Morgan fingerprint density at radius 3 is 2.51 bits per heavy atom. The monoisotopic (exact) mass is 556 g/mol. The van der Waals surface area contributed by atoms with E-state index in [0.29, 0.717) is 54.4 Å². The number of carbonyl (C=O) groups is 3. The molecule has 0 atom stereocenters. The summed E-state index contributed by atoms with van der Waals surface area (Å²) in [5, 5.41) is 6.03. The van der Waals surface area contributed by atoms with Gasteiger partial charge >= 0.3 is 0 Å². The number of amides is 3. The number of aryl methyl sites for hydroxylation is 2. The number of furan rings is 1. The largest absolute Gasteiger partial charge is 0.469 e. The predicted molar refractivity (Wildman–Crippen MR) is 160 cm³/mol. The van der Waals surface area contributed by atoms with E-state index in [0.717, 1.165) is 50.9 Å². The minimum atomic E-state index is -0.250. The number of rotatable bonds is 10. The molecule has 2 aromatic carbocycles. The summed E-state index contributed by atoms with van der Waals surface area (Å²) in [6.45, 7) is 7.86. The average Bonchev–Trinajstić information content (AvgIpc) is 3.60. The highest BCUT2D eigenvalue weighted by Gasteiger charge is 2.23. The minimum Gasteiger partial charge on any atom is -0.469 e. The third-order valence-electron chi connectivity index (χ3n) is 8.36. The van der Waals surface area contributed by atoms with E-state index in [9.17, 15) is 14.4 Å². The molecule has 2 fully saturated rings. The predicted octanol–water partition coefficient (Wildman–Crippen LogP) is 5.35. The lowest BCUT2D eigenvalue weighted by molar-refractivity contribution is -0.127. The molecule has 0 spiro atoms. The molecule has 0 aliphatic carbocycles. The number of para-hydroxylation sites is 1. The van der Waals surface area contributed by atoms with Gasteiger partial charge in [-0.2, -0.15) is 0 Å². The summed E-state index contributed by atoms with van der Waals surface area (Å²) in [5.74, 6) is 0.791. The molecule has 2 N–H and O–H groups in total. The van der Waals surface area contributed by atoms with Gasteiger partial charge in [0.25, 0.3) is 11.8 Å². The van der Waals surface area contributed by atoms with E-state index >= 15 is 0 Å². The Morgan fingerprint density at radius 2 is 1.80 bits per heavy atom. The van der Waals surface area contributed by atoms with Gasteiger partial charge < -0.3 is 24.9 Å². The van der Waals surface area contributed by atoms with Crippen molar-refractivity contribution in [3.8, 4) is 0 Å². The number of hydrogen-bond donors (Lipinski definition) is 2. The Balaban J connectivity index is 1.24. The van der Waals surface area contributed by atoms with Crippen molar-refractivity contribution in [1.82, 2.24) is 10.2 Å². The van der Waals surface area contributed by atoms with Gasteiger partial charge in [0.15, 0.2) is 0 Å². The maximum absolute atomic E-state index is 13.1. The molecular formula is C33H40N4O4. The Morgan fingerprint density at radius 1 is 1.00 bits per heavy atom. The first kappa shape index (κ1) is 28.5. The number of piperidine rings is 1. The van der Waals surface area contributed by atoms with E-state index in [1.807, 2.05) is 17.0 Å². The van der Waals surface area contributed by atoms with Gasteiger partial charge in [0.2, 0.25) is 5.91 Å². The molecule has 3 amide bonds. The Kier molecular flexibility index (Phi) is 9.07.